The highest BCUT2D eigenvalue weighted by Gasteiger charge is 2.47. The molecule has 1 saturated heterocycles. The second kappa shape index (κ2) is 3.87. The van der Waals surface area contributed by atoms with Crippen LogP contribution in [0.15, 0.2) is 0 Å². The van der Waals surface area contributed by atoms with Crippen molar-refractivity contribution in [3.8, 4) is 0 Å². The molecule has 0 radical (unpaired) electrons. The third kappa shape index (κ3) is 1.98. The van der Waals surface area contributed by atoms with E-state index >= 15 is 0 Å². The molecule has 5 N–H and O–H groups in total. The molecule has 6 nitrogen and oxygen atoms in total. The quantitative estimate of drug-likeness (QED) is 0.320. The molecule has 13 heavy (non-hydrogen) atoms. The minimum absolute atomic E-state index is 0.0159. The summed E-state index contributed by atoms with van der Waals surface area (Å²) in [6.07, 6.45) is -4.05. The van der Waals surface area contributed by atoms with Gasteiger partial charge in [0.05, 0.1) is 13.2 Å². The Balaban J connectivity index is 2.67. The topological polar surface area (TPSA) is 102 Å². The van der Waals surface area contributed by atoms with Gasteiger partial charge in [-0.2, -0.15) is 0 Å². The highest BCUT2D eigenvalue weighted by atomic mass is 16.6. The first kappa shape index (κ1) is 10.8. The van der Waals surface area contributed by atoms with Crippen LogP contribution in [0.1, 0.15) is 0 Å². The molecule has 4 atom stereocenters. The Kier molecular flexibility index (Phi) is 3.23. The zero-order chi connectivity index (χ0) is 10.1. The third-order valence-corrected chi connectivity index (χ3v) is 2.11. The molecular weight excluding hydrogens is 178 g/mol. The monoisotopic (exact) mass is 193 g/mol. The predicted molar refractivity (Wildman–Crippen MR) is 42.8 cm³/mol. The standard InChI is InChI=1S/C7H15NO5/c1-8-3-7(12)6(11)5(10)4(9)2-13-7/h4-6,8-12H,2-3H2,1H3/t4-,5+,6+,7-/m1/s1. The zero-order valence-corrected chi connectivity index (χ0v) is 7.34. The SMILES string of the molecule is CNC[C@@]1(O)OC[C@@H](O)[C@H](O)[C@@H]1O. The fourth-order valence-electron chi connectivity index (χ4n) is 1.30. The lowest BCUT2D eigenvalue weighted by Gasteiger charge is -2.41. The molecule has 78 valence electrons. The number of aliphatic hydroxyl groups is 4. The van der Waals surface area contributed by atoms with Gasteiger partial charge < -0.3 is 30.5 Å². The summed E-state index contributed by atoms with van der Waals surface area (Å²) in [5, 5.41) is 39.9. The molecule has 0 aromatic carbocycles. The summed E-state index contributed by atoms with van der Waals surface area (Å²) in [6, 6.07) is 0. The molecule has 0 saturated carbocycles. The van der Waals surface area contributed by atoms with Crippen molar-refractivity contribution in [1.29, 1.82) is 0 Å². The first-order chi connectivity index (χ1) is 6.01. The van der Waals surface area contributed by atoms with Crippen LogP contribution in [-0.4, -0.2) is 64.7 Å². The number of rotatable bonds is 2. The molecule has 6 heteroatoms. The molecule has 0 bridgehead atoms. The van der Waals surface area contributed by atoms with Gasteiger partial charge in [0.15, 0.2) is 0 Å². The molecular formula is C7H15NO5. The highest BCUT2D eigenvalue weighted by Crippen LogP contribution is 2.22. The molecule has 1 heterocycles. The minimum atomic E-state index is -1.83. The van der Waals surface area contributed by atoms with E-state index in [9.17, 15) is 15.3 Å². The van der Waals surface area contributed by atoms with E-state index in [4.69, 9.17) is 9.84 Å². The minimum Gasteiger partial charge on any atom is -0.388 e. The van der Waals surface area contributed by atoms with Gasteiger partial charge in [-0.3, -0.25) is 0 Å². The Labute approximate surface area is 75.8 Å². The van der Waals surface area contributed by atoms with Crippen LogP contribution >= 0.6 is 0 Å². The van der Waals surface area contributed by atoms with Crippen LogP contribution in [0.25, 0.3) is 0 Å². The number of aliphatic hydroxyl groups excluding tert-OH is 3. The van der Waals surface area contributed by atoms with E-state index in [2.05, 4.69) is 5.32 Å². The van der Waals surface area contributed by atoms with Gasteiger partial charge >= 0.3 is 0 Å². The molecule has 0 aromatic rings. The molecule has 0 spiro atoms. The Morgan fingerprint density at radius 3 is 2.62 bits per heavy atom. The van der Waals surface area contributed by atoms with Crippen LogP contribution in [0.4, 0.5) is 0 Å². The Morgan fingerprint density at radius 2 is 2.08 bits per heavy atom. The average Bonchev–Trinajstić information content (AvgIpc) is 2.10. The van der Waals surface area contributed by atoms with Crippen LogP contribution in [0.2, 0.25) is 0 Å². The Morgan fingerprint density at radius 1 is 1.46 bits per heavy atom. The molecule has 1 rings (SSSR count). The summed E-state index contributed by atoms with van der Waals surface area (Å²) < 4.78 is 4.83. The molecule has 0 aromatic heterocycles. The van der Waals surface area contributed by atoms with Gasteiger partial charge in [0, 0.05) is 0 Å². The van der Waals surface area contributed by atoms with Crippen LogP contribution in [0, 0.1) is 0 Å². The van der Waals surface area contributed by atoms with Gasteiger partial charge in [0.1, 0.15) is 18.3 Å². The van der Waals surface area contributed by atoms with Crippen molar-refractivity contribution in [2.75, 3.05) is 20.2 Å². The Hall–Kier alpha value is -0.240. The predicted octanol–water partition coefficient (Wildman–Crippen LogP) is -2.99. The van der Waals surface area contributed by atoms with E-state index in [1.54, 1.807) is 7.05 Å². The van der Waals surface area contributed by atoms with Crippen molar-refractivity contribution < 1.29 is 25.2 Å². The molecule has 0 unspecified atom stereocenters. The second-order valence-corrected chi connectivity index (χ2v) is 3.19. The van der Waals surface area contributed by atoms with Gasteiger partial charge in [-0.1, -0.05) is 0 Å². The van der Waals surface area contributed by atoms with Gasteiger partial charge in [-0.25, -0.2) is 0 Å². The summed E-state index contributed by atoms with van der Waals surface area (Å²) in [6.45, 7) is -0.214. The lowest BCUT2D eigenvalue weighted by atomic mass is 9.97. The zero-order valence-electron chi connectivity index (χ0n) is 7.34. The van der Waals surface area contributed by atoms with E-state index in [0.717, 1.165) is 0 Å². The van der Waals surface area contributed by atoms with Crippen molar-refractivity contribution in [1.82, 2.24) is 5.32 Å². The molecule has 0 aliphatic carbocycles. The summed E-state index contributed by atoms with van der Waals surface area (Å²) in [7, 11) is 1.57. The van der Waals surface area contributed by atoms with Gasteiger partial charge in [0.2, 0.25) is 5.79 Å². The molecule has 1 aliphatic rings. The lowest BCUT2D eigenvalue weighted by molar-refractivity contribution is -0.317. The molecule has 0 amide bonds. The fourth-order valence-corrected chi connectivity index (χ4v) is 1.30. The van der Waals surface area contributed by atoms with Crippen LogP contribution in [0.3, 0.4) is 0 Å². The highest BCUT2D eigenvalue weighted by molar-refractivity contribution is 4.92. The van der Waals surface area contributed by atoms with E-state index in [1.807, 2.05) is 0 Å². The van der Waals surface area contributed by atoms with Gasteiger partial charge in [-0.05, 0) is 7.05 Å². The maximum Gasteiger partial charge on any atom is 0.207 e. The maximum absolute atomic E-state index is 9.62. The first-order valence-corrected chi connectivity index (χ1v) is 4.06. The molecule has 1 aliphatic heterocycles. The van der Waals surface area contributed by atoms with Crippen LogP contribution in [0.5, 0.6) is 0 Å². The van der Waals surface area contributed by atoms with E-state index in [0.29, 0.717) is 0 Å². The van der Waals surface area contributed by atoms with Crippen molar-refractivity contribution in [2.45, 2.75) is 24.1 Å². The first-order valence-electron chi connectivity index (χ1n) is 4.06. The summed E-state index contributed by atoms with van der Waals surface area (Å²) >= 11 is 0. The van der Waals surface area contributed by atoms with Crippen molar-refractivity contribution in [3.63, 3.8) is 0 Å². The second-order valence-electron chi connectivity index (χ2n) is 3.19. The fraction of sp³-hybridized carbons (Fsp3) is 1.00. The average molecular weight is 193 g/mol. The normalized spacial score (nSPS) is 46.4. The van der Waals surface area contributed by atoms with Crippen LogP contribution < -0.4 is 5.32 Å². The van der Waals surface area contributed by atoms with Gasteiger partial charge in [0.25, 0.3) is 0 Å². The van der Waals surface area contributed by atoms with E-state index in [1.165, 1.54) is 0 Å². The number of nitrogens with one attached hydrogen (secondary N) is 1. The number of likely N-dealkylation sites (N-methyl/N-ethyl adjacent to an activating group) is 1. The maximum atomic E-state index is 9.62. The smallest absolute Gasteiger partial charge is 0.207 e. The van der Waals surface area contributed by atoms with Gasteiger partial charge in [-0.15, -0.1) is 0 Å². The largest absolute Gasteiger partial charge is 0.388 e. The van der Waals surface area contributed by atoms with Crippen molar-refractivity contribution >= 4 is 0 Å². The third-order valence-electron chi connectivity index (χ3n) is 2.11. The summed E-state index contributed by atoms with van der Waals surface area (Å²) in [5.41, 5.74) is 0. The molecule has 1 fully saturated rings. The summed E-state index contributed by atoms with van der Waals surface area (Å²) in [4.78, 5) is 0. The van der Waals surface area contributed by atoms with Crippen molar-refractivity contribution in [3.05, 3.63) is 0 Å². The van der Waals surface area contributed by atoms with E-state index in [-0.39, 0.29) is 13.2 Å². The number of hydrogen-bond donors (Lipinski definition) is 5. The lowest BCUT2D eigenvalue weighted by Crippen LogP contribution is -2.64. The van der Waals surface area contributed by atoms with Crippen molar-refractivity contribution in [2.24, 2.45) is 0 Å². The Bertz CT molecular complexity index is 178. The summed E-state index contributed by atoms with van der Waals surface area (Å²) in [5.74, 6) is -1.83. The number of ether oxygens (including phenoxy) is 1. The van der Waals surface area contributed by atoms with E-state index < -0.39 is 24.1 Å². The number of hydrogen-bond acceptors (Lipinski definition) is 6. The van der Waals surface area contributed by atoms with Crippen LogP contribution in [-0.2, 0) is 4.74 Å².